The highest BCUT2D eigenvalue weighted by Gasteiger charge is 2.09. The topological polar surface area (TPSA) is 0 Å². The van der Waals surface area contributed by atoms with Gasteiger partial charge in [-0.2, -0.15) is 0 Å². The first-order chi connectivity index (χ1) is 10.3. The molecule has 0 aliphatic carbocycles. The maximum Gasteiger partial charge on any atom is -0.0241 e. The normalized spacial score (nSPS) is 11.4. The Bertz CT molecular complexity index is 159. The van der Waals surface area contributed by atoms with Crippen molar-refractivity contribution in [3.05, 3.63) is 5.92 Å². The summed E-state index contributed by atoms with van der Waals surface area (Å²) in [4.78, 5) is 0. The van der Waals surface area contributed by atoms with Crippen LogP contribution in [0.2, 0.25) is 0 Å². The Morgan fingerprint density at radius 3 is 1.00 bits per heavy atom. The third-order valence-corrected chi connectivity index (χ3v) is 4.65. The van der Waals surface area contributed by atoms with Gasteiger partial charge in [0.05, 0.1) is 0 Å². The summed E-state index contributed by atoms with van der Waals surface area (Å²) in [6, 6.07) is 0. The largest absolute Gasteiger partial charge is 0.0654 e. The minimum atomic E-state index is 1.36. The van der Waals surface area contributed by atoms with Crippen molar-refractivity contribution in [2.75, 3.05) is 0 Å². The molecule has 0 N–H and O–H groups in total. The van der Waals surface area contributed by atoms with E-state index in [0.717, 1.165) is 0 Å². The SMILES string of the molecule is CCCCCCC[C](CCCCCC)CCCCCCC. The number of unbranched alkanes of at least 4 members (excludes halogenated alkanes) is 11. The zero-order chi connectivity index (χ0) is 15.6. The van der Waals surface area contributed by atoms with E-state index < -0.39 is 0 Å². The predicted molar refractivity (Wildman–Crippen MR) is 98.8 cm³/mol. The molecular formula is C21H43. The molecule has 0 unspecified atom stereocenters. The van der Waals surface area contributed by atoms with Crippen molar-refractivity contribution < 1.29 is 0 Å². The number of hydrogen-bond donors (Lipinski definition) is 0. The maximum atomic E-state index is 2.31. The van der Waals surface area contributed by atoms with Crippen molar-refractivity contribution >= 4 is 0 Å². The van der Waals surface area contributed by atoms with Gasteiger partial charge in [-0.1, -0.05) is 111 Å². The van der Waals surface area contributed by atoms with E-state index in [0.29, 0.717) is 0 Å². The van der Waals surface area contributed by atoms with E-state index in [-0.39, 0.29) is 0 Å². The predicted octanol–water partition coefficient (Wildman–Crippen LogP) is 8.25. The van der Waals surface area contributed by atoms with Crippen LogP contribution in [0.15, 0.2) is 0 Å². The first-order valence-corrected chi connectivity index (χ1v) is 10.2. The van der Waals surface area contributed by atoms with Crippen molar-refractivity contribution in [3.63, 3.8) is 0 Å². The first-order valence-electron chi connectivity index (χ1n) is 10.2. The third-order valence-electron chi connectivity index (χ3n) is 4.65. The van der Waals surface area contributed by atoms with Crippen molar-refractivity contribution in [1.29, 1.82) is 0 Å². The molecule has 0 aromatic rings. The van der Waals surface area contributed by atoms with Gasteiger partial charge >= 0.3 is 0 Å². The van der Waals surface area contributed by atoms with Crippen molar-refractivity contribution in [3.8, 4) is 0 Å². The molecule has 21 heavy (non-hydrogen) atoms. The van der Waals surface area contributed by atoms with Crippen LogP contribution in [0.3, 0.4) is 0 Å². The van der Waals surface area contributed by atoms with Gasteiger partial charge in [0.25, 0.3) is 0 Å². The second-order valence-electron chi connectivity index (χ2n) is 6.89. The highest BCUT2D eigenvalue weighted by molar-refractivity contribution is 4.89. The molecule has 0 heteroatoms. The third kappa shape index (κ3) is 16.2. The Hall–Kier alpha value is 0. The average Bonchev–Trinajstić information content (AvgIpc) is 2.50. The van der Waals surface area contributed by atoms with Crippen LogP contribution >= 0.6 is 0 Å². The zero-order valence-corrected chi connectivity index (χ0v) is 15.5. The number of hydrogen-bond acceptors (Lipinski definition) is 0. The van der Waals surface area contributed by atoms with Gasteiger partial charge < -0.3 is 0 Å². The minimum Gasteiger partial charge on any atom is -0.0654 e. The van der Waals surface area contributed by atoms with Crippen molar-refractivity contribution in [1.82, 2.24) is 0 Å². The Kier molecular flexibility index (Phi) is 18.1. The molecule has 0 bridgehead atoms. The highest BCUT2D eigenvalue weighted by Crippen LogP contribution is 2.26. The molecule has 0 nitrogen and oxygen atoms in total. The smallest absolute Gasteiger partial charge is 0.0241 e. The molecule has 0 amide bonds. The van der Waals surface area contributed by atoms with E-state index in [4.69, 9.17) is 0 Å². The fraction of sp³-hybridized carbons (Fsp3) is 0.952. The molecule has 127 valence electrons. The molecule has 0 aromatic carbocycles. The summed E-state index contributed by atoms with van der Waals surface area (Å²) in [5, 5.41) is 0. The van der Waals surface area contributed by atoms with Crippen LogP contribution in [0.25, 0.3) is 0 Å². The lowest BCUT2D eigenvalue weighted by Gasteiger charge is -2.16. The van der Waals surface area contributed by atoms with Gasteiger partial charge in [-0.15, -0.1) is 0 Å². The highest BCUT2D eigenvalue weighted by atomic mass is 14.1. The van der Waals surface area contributed by atoms with Gasteiger partial charge in [0.1, 0.15) is 0 Å². The van der Waals surface area contributed by atoms with Crippen LogP contribution in [0.4, 0.5) is 0 Å². The van der Waals surface area contributed by atoms with Crippen LogP contribution in [0.5, 0.6) is 0 Å². The van der Waals surface area contributed by atoms with Crippen molar-refractivity contribution in [2.24, 2.45) is 0 Å². The first kappa shape index (κ1) is 21.0. The van der Waals surface area contributed by atoms with Gasteiger partial charge in [-0.3, -0.25) is 0 Å². The molecule has 0 saturated carbocycles. The quantitative estimate of drug-likeness (QED) is 0.237. The van der Waals surface area contributed by atoms with Gasteiger partial charge in [-0.25, -0.2) is 0 Å². The summed E-state index contributed by atoms with van der Waals surface area (Å²) in [7, 11) is 0. The zero-order valence-electron chi connectivity index (χ0n) is 15.5. The van der Waals surface area contributed by atoms with E-state index in [2.05, 4.69) is 20.8 Å². The fourth-order valence-corrected chi connectivity index (χ4v) is 3.13. The molecule has 0 aliphatic heterocycles. The van der Waals surface area contributed by atoms with E-state index in [9.17, 15) is 0 Å². The lowest BCUT2D eigenvalue weighted by Crippen LogP contribution is -1.99. The molecule has 0 fully saturated rings. The van der Waals surface area contributed by atoms with Gasteiger partial charge in [0.15, 0.2) is 0 Å². The maximum absolute atomic E-state index is 2.31. The van der Waals surface area contributed by atoms with Gasteiger partial charge in [-0.05, 0) is 25.2 Å². The molecule has 1 radical (unpaired) electrons. The summed E-state index contributed by atoms with van der Waals surface area (Å²) in [5.74, 6) is 1.90. The molecule has 0 saturated heterocycles. The molecule has 0 atom stereocenters. The lowest BCUT2D eigenvalue weighted by atomic mass is 9.89. The molecular weight excluding hydrogens is 252 g/mol. The molecule has 0 heterocycles. The molecule has 0 spiro atoms. The second-order valence-corrected chi connectivity index (χ2v) is 6.89. The fourth-order valence-electron chi connectivity index (χ4n) is 3.13. The Morgan fingerprint density at radius 2 is 0.667 bits per heavy atom. The summed E-state index contributed by atoms with van der Waals surface area (Å²) in [6.07, 6.45) is 24.3. The minimum absolute atomic E-state index is 1.36. The standard InChI is InChI=1S/C21H43/c1-4-7-10-13-16-19-21(18-15-12-9-6-3)20-17-14-11-8-5-2/h4-20H2,1-3H3. The summed E-state index contributed by atoms with van der Waals surface area (Å²) < 4.78 is 0. The molecule has 0 aromatic heterocycles. The van der Waals surface area contributed by atoms with Crippen LogP contribution in [-0.2, 0) is 0 Å². The van der Waals surface area contributed by atoms with E-state index in [1.807, 2.05) is 5.92 Å². The average molecular weight is 296 g/mol. The second kappa shape index (κ2) is 18.1. The Balaban J connectivity index is 3.69. The monoisotopic (exact) mass is 295 g/mol. The van der Waals surface area contributed by atoms with Crippen LogP contribution < -0.4 is 0 Å². The molecule has 0 rings (SSSR count). The lowest BCUT2D eigenvalue weighted by molar-refractivity contribution is 0.521. The van der Waals surface area contributed by atoms with Crippen LogP contribution in [0.1, 0.15) is 130 Å². The Morgan fingerprint density at radius 1 is 0.381 bits per heavy atom. The van der Waals surface area contributed by atoms with E-state index in [1.165, 1.54) is 109 Å². The van der Waals surface area contributed by atoms with Gasteiger partial charge in [0, 0.05) is 0 Å². The van der Waals surface area contributed by atoms with E-state index >= 15 is 0 Å². The summed E-state index contributed by atoms with van der Waals surface area (Å²) in [5.41, 5.74) is 0. The van der Waals surface area contributed by atoms with Crippen LogP contribution in [0, 0.1) is 5.92 Å². The van der Waals surface area contributed by atoms with Gasteiger partial charge in [0.2, 0.25) is 0 Å². The van der Waals surface area contributed by atoms with E-state index in [1.54, 1.807) is 0 Å². The summed E-state index contributed by atoms with van der Waals surface area (Å²) >= 11 is 0. The summed E-state index contributed by atoms with van der Waals surface area (Å²) in [6.45, 7) is 6.93. The van der Waals surface area contributed by atoms with Crippen LogP contribution in [-0.4, -0.2) is 0 Å². The Labute approximate surface area is 136 Å². The number of rotatable bonds is 17. The van der Waals surface area contributed by atoms with Crippen molar-refractivity contribution in [2.45, 2.75) is 130 Å². The molecule has 0 aliphatic rings.